The van der Waals surface area contributed by atoms with Crippen molar-refractivity contribution >= 4 is 23.2 Å². The van der Waals surface area contributed by atoms with Gasteiger partial charge < -0.3 is 5.11 Å². The van der Waals surface area contributed by atoms with E-state index in [1.54, 1.807) is 12.1 Å². The zero-order valence-corrected chi connectivity index (χ0v) is 11.2. The summed E-state index contributed by atoms with van der Waals surface area (Å²) in [5.74, 6) is 0.681. The summed E-state index contributed by atoms with van der Waals surface area (Å²) in [6.45, 7) is 4.37. The molecule has 1 rings (SSSR count). The van der Waals surface area contributed by atoms with Gasteiger partial charge in [0.2, 0.25) is 0 Å². The second kappa shape index (κ2) is 6.48. The number of hydrogen-bond acceptors (Lipinski definition) is 1. The Kier molecular flexibility index (Phi) is 5.60. The highest BCUT2D eigenvalue weighted by atomic mass is 35.5. The molecule has 0 spiro atoms. The Morgan fingerprint density at radius 3 is 2.38 bits per heavy atom. The van der Waals surface area contributed by atoms with E-state index in [4.69, 9.17) is 23.2 Å². The van der Waals surface area contributed by atoms with E-state index in [1.807, 2.05) is 6.07 Å². The fraction of sp³-hybridized carbons (Fsp3) is 0.538. The summed E-state index contributed by atoms with van der Waals surface area (Å²) in [5, 5.41) is 11.0. The van der Waals surface area contributed by atoms with Crippen molar-refractivity contribution in [1.82, 2.24) is 0 Å². The van der Waals surface area contributed by atoms with Crippen LogP contribution in [0.25, 0.3) is 0 Å². The zero-order valence-electron chi connectivity index (χ0n) is 9.71. The van der Waals surface area contributed by atoms with Gasteiger partial charge in [0.15, 0.2) is 0 Å². The molecule has 0 saturated heterocycles. The van der Waals surface area contributed by atoms with E-state index in [9.17, 15) is 5.11 Å². The predicted octanol–water partition coefficient (Wildman–Crippen LogP) is 4.85. The molecule has 1 aromatic rings. The van der Waals surface area contributed by atoms with Crippen LogP contribution in [0.15, 0.2) is 18.2 Å². The number of halogens is 2. The highest BCUT2D eigenvalue weighted by Gasteiger charge is 2.09. The first-order chi connectivity index (χ1) is 7.50. The van der Waals surface area contributed by atoms with Crippen molar-refractivity contribution in [1.29, 1.82) is 0 Å². The summed E-state index contributed by atoms with van der Waals surface area (Å²) in [6, 6.07) is 5.29. The van der Waals surface area contributed by atoms with Gasteiger partial charge in [-0.15, -0.1) is 0 Å². The molecule has 0 radical (unpaired) electrons. The van der Waals surface area contributed by atoms with Crippen LogP contribution in [0.1, 0.15) is 44.8 Å². The van der Waals surface area contributed by atoms with Gasteiger partial charge in [0.05, 0.1) is 16.1 Å². The highest BCUT2D eigenvalue weighted by Crippen LogP contribution is 2.27. The van der Waals surface area contributed by atoms with Gasteiger partial charge in [-0.25, -0.2) is 0 Å². The van der Waals surface area contributed by atoms with E-state index in [0.717, 1.165) is 24.8 Å². The maximum Gasteiger partial charge on any atom is 0.0790 e. The molecule has 1 aromatic carbocycles. The van der Waals surface area contributed by atoms with Crippen LogP contribution in [0.2, 0.25) is 10.0 Å². The third kappa shape index (κ3) is 4.32. The summed E-state index contributed by atoms with van der Waals surface area (Å²) < 4.78 is 0. The van der Waals surface area contributed by atoms with Gasteiger partial charge in [-0.1, -0.05) is 56.0 Å². The zero-order chi connectivity index (χ0) is 12.1. The van der Waals surface area contributed by atoms with Crippen molar-refractivity contribution in [2.24, 2.45) is 5.92 Å². The van der Waals surface area contributed by atoms with Crippen LogP contribution in [0.3, 0.4) is 0 Å². The van der Waals surface area contributed by atoms with Gasteiger partial charge in [-0.3, -0.25) is 0 Å². The number of aliphatic hydroxyl groups excluding tert-OH is 1. The molecule has 16 heavy (non-hydrogen) atoms. The molecular formula is C13H18Cl2O. The predicted molar refractivity (Wildman–Crippen MR) is 70.1 cm³/mol. The molecule has 90 valence electrons. The summed E-state index contributed by atoms with van der Waals surface area (Å²) in [7, 11) is 0. The normalized spacial score (nSPS) is 13.1. The van der Waals surface area contributed by atoms with Crippen LogP contribution >= 0.6 is 23.2 Å². The average molecular weight is 261 g/mol. The topological polar surface area (TPSA) is 20.2 Å². The Morgan fingerprint density at radius 1 is 1.12 bits per heavy atom. The van der Waals surface area contributed by atoms with Gasteiger partial charge in [0, 0.05) is 0 Å². The molecule has 0 aliphatic carbocycles. The largest absolute Gasteiger partial charge is 0.388 e. The van der Waals surface area contributed by atoms with E-state index in [2.05, 4.69) is 13.8 Å². The average Bonchev–Trinajstić information content (AvgIpc) is 2.21. The number of hydrogen-bond donors (Lipinski definition) is 1. The maximum atomic E-state index is 9.95. The molecule has 0 aromatic heterocycles. The molecule has 0 aliphatic heterocycles. The minimum atomic E-state index is -0.437. The lowest BCUT2D eigenvalue weighted by Gasteiger charge is -2.12. The van der Waals surface area contributed by atoms with Gasteiger partial charge >= 0.3 is 0 Å². The molecular weight excluding hydrogens is 243 g/mol. The second-order valence-electron chi connectivity index (χ2n) is 4.51. The van der Waals surface area contributed by atoms with Crippen molar-refractivity contribution in [3.05, 3.63) is 33.8 Å². The van der Waals surface area contributed by atoms with E-state index < -0.39 is 6.10 Å². The Hall–Kier alpha value is -0.240. The Balaban J connectivity index is 2.52. The van der Waals surface area contributed by atoms with Crippen LogP contribution in [0.4, 0.5) is 0 Å². The summed E-state index contributed by atoms with van der Waals surface area (Å²) >= 11 is 11.7. The Morgan fingerprint density at radius 2 is 1.81 bits per heavy atom. The molecule has 1 unspecified atom stereocenters. The molecule has 1 N–H and O–H groups in total. The van der Waals surface area contributed by atoms with E-state index in [1.165, 1.54) is 0 Å². The first-order valence-electron chi connectivity index (χ1n) is 5.63. The lowest BCUT2D eigenvalue weighted by molar-refractivity contribution is 0.162. The quantitative estimate of drug-likeness (QED) is 0.803. The molecule has 0 amide bonds. The van der Waals surface area contributed by atoms with E-state index in [0.29, 0.717) is 16.0 Å². The Labute approximate surface area is 107 Å². The number of rotatable bonds is 5. The molecule has 3 heteroatoms. The second-order valence-corrected chi connectivity index (χ2v) is 5.33. The summed E-state index contributed by atoms with van der Waals surface area (Å²) in [6.07, 6.45) is 2.50. The van der Waals surface area contributed by atoms with Crippen LogP contribution in [0, 0.1) is 5.92 Å². The lowest BCUT2D eigenvalue weighted by atomic mass is 10.0. The van der Waals surface area contributed by atoms with E-state index >= 15 is 0 Å². The molecule has 0 fully saturated rings. The van der Waals surface area contributed by atoms with Gasteiger partial charge in [0.1, 0.15) is 0 Å². The third-order valence-electron chi connectivity index (χ3n) is 2.59. The molecule has 0 saturated carbocycles. The fourth-order valence-corrected chi connectivity index (χ4v) is 1.91. The molecule has 0 bridgehead atoms. The molecule has 1 atom stereocenters. The van der Waals surface area contributed by atoms with Gasteiger partial charge in [0.25, 0.3) is 0 Å². The fourth-order valence-electron chi connectivity index (χ4n) is 1.61. The maximum absolute atomic E-state index is 9.95. The smallest absolute Gasteiger partial charge is 0.0790 e. The first-order valence-corrected chi connectivity index (χ1v) is 6.39. The van der Waals surface area contributed by atoms with Crippen LogP contribution in [-0.4, -0.2) is 5.11 Å². The summed E-state index contributed by atoms with van der Waals surface area (Å²) in [5.41, 5.74) is 0.846. The standard InChI is InChI=1S/C13H18Cl2O/c1-9(2)4-3-5-13(16)10-6-7-11(14)12(15)8-10/h6-9,13,16H,3-5H2,1-2H3. The number of aliphatic hydroxyl groups is 1. The van der Waals surface area contributed by atoms with Crippen LogP contribution < -0.4 is 0 Å². The van der Waals surface area contributed by atoms with Crippen LogP contribution in [0.5, 0.6) is 0 Å². The van der Waals surface area contributed by atoms with Crippen molar-refractivity contribution in [2.45, 2.75) is 39.2 Å². The highest BCUT2D eigenvalue weighted by molar-refractivity contribution is 6.42. The first kappa shape index (κ1) is 13.8. The van der Waals surface area contributed by atoms with Crippen molar-refractivity contribution in [3.63, 3.8) is 0 Å². The monoisotopic (exact) mass is 260 g/mol. The van der Waals surface area contributed by atoms with Crippen molar-refractivity contribution < 1.29 is 5.11 Å². The third-order valence-corrected chi connectivity index (χ3v) is 3.33. The van der Waals surface area contributed by atoms with Crippen LogP contribution in [-0.2, 0) is 0 Å². The van der Waals surface area contributed by atoms with Gasteiger partial charge in [-0.05, 0) is 30.0 Å². The minimum Gasteiger partial charge on any atom is -0.388 e. The molecule has 0 aliphatic rings. The van der Waals surface area contributed by atoms with E-state index in [-0.39, 0.29) is 0 Å². The Bertz CT molecular complexity index is 337. The molecule has 0 heterocycles. The summed E-state index contributed by atoms with van der Waals surface area (Å²) in [4.78, 5) is 0. The van der Waals surface area contributed by atoms with Crippen molar-refractivity contribution in [2.75, 3.05) is 0 Å². The molecule has 1 nitrogen and oxygen atoms in total. The lowest BCUT2D eigenvalue weighted by Crippen LogP contribution is -1.98. The minimum absolute atomic E-state index is 0.437. The SMILES string of the molecule is CC(C)CCCC(O)c1ccc(Cl)c(Cl)c1. The van der Waals surface area contributed by atoms with Crippen molar-refractivity contribution in [3.8, 4) is 0 Å². The number of benzene rings is 1. The van der Waals surface area contributed by atoms with Gasteiger partial charge in [-0.2, -0.15) is 0 Å².